The van der Waals surface area contributed by atoms with Gasteiger partial charge < -0.3 is 20.7 Å². The van der Waals surface area contributed by atoms with Gasteiger partial charge >= 0.3 is 0 Å². The van der Waals surface area contributed by atoms with Gasteiger partial charge in [0.15, 0.2) is 5.96 Å². The zero-order chi connectivity index (χ0) is 18.9. The summed E-state index contributed by atoms with van der Waals surface area (Å²) in [5.74, 6) is 0.648. The molecule has 0 saturated carbocycles. The SMILES string of the molecule is CCNC(=O)c1cccc(CNC(=NC)NCC(OC)C(C)(C)C)c1.I. The van der Waals surface area contributed by atoms with Crippen LogP contribution in [0.4, 0.5) is 0 Å². The summed E-state index contributed by atoms with van der Waals surface area (Å²) in [6.07, 6.45) is 0.0760. The molecule has 1 rings (SSSR count). The van der Waals surface area contributed by atoms with Crippen molar-refractivity contribution in [3.8, 4) is 0 Å². The van der Waals surface area contributed by atoms with Crippen LogP contribution < -0.4 is 16.0 Å². The molecule has 0 bridgehead atoms. The van der Waals surface area contributed by atoms with Crippen LogP contribution in [0.1, 0.15) is 43.6 Å². The van der Waals surface area contributed by atoms with Gasteiger partial charge in [0.05, 0.1) is 6.10 Å². The number of benzene rings is 1. The fourth-order valence-electron chi connectivity index (χ4n) is 2.42. The van der Waals surface area contributed by atoms with Gasteiger partial charge in [0.25, 0.3) is 5.91 Å². The predicted octanol–water partition coefficient (Wildman–Crippen LogP) is 2.78. The average molecular weight is 476 g/mol. The summed E-state index contributed by atoms with van der Waals surface area (Å²) in [7, 11) is 3.46. The van der Waals surface area contributed by atoms with Crippen LogP contribution in [0.2, 0.25) is 0 Å². The van der Waals surface area contributed by atoms with Crippen molar-refractivity contribution in [2.24, 2.45) is 10.4 Å². The van der Waals surface area contributed by atoms with Gasteiger partial charge in [0.1, 0.15) is 0 Å². The van der Waals surface area contributed by atoms with Gasteiger partial charge in [0.2, 0.25) is 0 Å². The number of nitrogens with one attached hydrogen (secondary N) is 3. The van der Waals surface area contributed by atoms with Crippen molar-refractivity contribution in [2.75, 3.05) is 27.2 Å². The summed E-state index contributed by atoms with van der Waals surface area (Å²) in [6.45, 7) is 10.2. The van der Waals surface area contributed by atoms with Crippen molar-refractivity contribution in [2.45, 2.75) is 40.3 Å². The molecule has 0 fully saturated rings. The Bertz CT molecular complexity index is 585. The quantitative estimate of drug-likeness (QED) is 0.322. The second kappa shape index (κ2) is 12.1. The zero-order valence-electron chi connectivity index (χ0n) is 16.7. The number of carbonyl (C=O) groups excluding carboxylic acids is 1. The van der Waals surface area contributed by atoms with E-state index < -0.39 is 0 Å². The molecule has 1 aromatic carbocycles. The molecular formula is C19H33IN4O2. The molecule has 0 heterocycles. The van der Waals surface area contributed by atoms with Gasteiger partial charge in [-0.25, -0.2) is 0 Å². The third-order valence-electron chi connectivity index (χ3n) is 3.92. The van der Waals surface area contributed by atoms with E-state index in [0.717, 1.165) is 5.56 Å². The van der Waals surface area contributed by atoms with E-state index in [0.29, 0.717) is 31.2 Å². The number of ether oxygens (including phenoxy) is 1. The molecule has 0 aliphatic heterocycles. The van der Waals surface area contributed by atoms with E-state index in [1.165, 1.54) is 0 Å². The van der Waals surface area contributed by atoms with E-state index in [-0.39, 0.29) is 41.4 Å². The Kier molecular flexibility index (Phi) is 11.5. The van der Waals surface area contributed by atoms with E-state index >= 15 is 0 Å². The lowest BCUT2D eigenvalue weighted by Crippen LogP contribution is -2.45. The molecule has 1 amide bonds. The number of halogens is 1. The topological polar surface area (TPSA) is 74.8 Å². The average Bonchev–Trinajstić information content (AvgIpc) is 2.57. The molecule has 0 aliphatic rings. The third kappa shape index (κ3) is 8.35. The molecule has 6 nitrogen and oxygen atoms in total. The predicted molar refractivity (Wildman–Crippen MR) is 118 cm³/mol. The number of amides is 1. The Morgan fingerprint density at radius 3 is 2.46 bits per heavy atom. The van der Waals surface area contributed by atoms with Crippen LogP contribution in [0.25, 0.3) is 0 Å². The zero-order valence-corrected chi connectivity index (χ0v) is 19.0. The highest BCUT2D eigenvalue weighted by atomic mass is 127. The minimum Gasteiger partial charge on any atom is -0.379 e. The number of rotatable bonds is 7. The van der Waals surface area contributed by atoms with Gasteiger partial charge in [0, 0.05) is 39.4 Å². The summed E-state index contributed by atoms with van der Waals surface area (Å²) in [4.78, 5) is 16.2. The Balaban J connectivity index is 0.00000625. The number of guanidine groups is 1. The fourth-order valence-corrected chi connectivity index (χ4v) is 2.42. The van der Waals surface area contributed by atoms with Crippen molar-refractivity contribution in [1.29, 1.82) is 0 Å². The molecule has 0 saturated heterocycles. The Hall–Kier alpha value is -1.35. The van der Waals surface area contributed by atoms with E-state index in [1.807, 2.05) is 31.2 Å². The van der Waals surface area contributed by atoms with E-state index in [1.54, 1.807) is 14.2 Å². The number of hydrogen-bond acceptors (Lipinski definition) is 3. The molecular weight excluding hydrogens is 443 g/mol. The Labute approximate surface area is 174 Å². The molecule has 0 radical (unpaired) electrons. The Morgan fingerprint density at radius 1 is 1.23 bits per heavy atom. The lowest BCUT2D eigenvalue weighted by Gasteiger charge is -2.30. The van der Waals surface area contributed by atoms with Crippen LogP contribution in [0, 0.1) is 5.41 Å². The number of carbonyl (C=O) groups is 1. The fraction of sp³-hybridized carbons (Fsp3) is 0.579. The molecule has 7 heteroatoms. The number of aliphatic imine (C=N–C) groups is 1. The smallest absolute Gasteiger partial charge is 0.251 e. The molecule has 1 atom stereocenters. The number of methoxy groups -OCH3 is 1. The molecule has 1 aromatic rings. The molecule has 0 aromatic heterocycles. The highest BCUT2D eigenvalue weighted by molar-refractivity contribution is 14.0. The normalized spacial score (nSPS) is 12.8. The van der Waals surface area contributed by atoms with Gasteiger partial charge in [-0.15, -0.1) is 24.0 Å². The summed E-state index contributed by atoms with van der Waals surface area (Å²) >= 11 is 0. The van der Waals surface area contributed by atoms with Crippen LogP contribution in [-0.4, -0.2) is 45.2 Å². The van der Waals surface area contributed by atoms with Crippen LogP contribution in [0.3, 0.4) is 0 Å². The highest BCUT2D eigenvalue weighted by Crippen LogP contribution is 2.20. The van der Waals surface area contributed by atoms with Crippen LogP contribution in [0.5, 0.6) is 0 Å². The van der Waals surface area contributed by atoms with Crippen LogP contribution in [-0.2, 0) is 11.3 Å². The first kappa shape index (κ1) is 24.7. The summed E-state index contributed by atoms with van der Waals surface area (Å²) in [6, 6.07) is 7.57. The van der Waals surface area contributed by atoms with Gasteiger partial charge in [-0.3, -0.25) is 9.79 Å². The van der Waals surface area contributed by atoms with Crippen molar-refractivity contribution >= 4 is 35.8 Å². The summed E-state index contributed by atoms with van der Waals surface area (Å²) < 4.78 is 5.55. The van der Waals surface area contributed by atoms with E-state index in [4.69, 9.17) is 4.74 Å². The molecule has 26 heavy (non-hydrogen) atoms. The van der Waals surface area contributed by atoms with Gasteiger partial charge in [-0.05, 0) is 30.0 Å². The van der Waals surface area contributed by atoms with E-state index in [9.17, 15) is 4.79 Å². The monoisotopic (exact) mass is 476 g/mol. The van der Waals surface area contributed by atoms with Crippen molar-refractivity contribution < 1.29 is 9.53 Å². The van der Waals surface area contributed by atoms with Crippen LogP contribution >= 0.6 is 24.0 Å². The maximum atomic E-state index is 11.9. The lowest BCUT2D eigenvalue weighted by molar-refractivity contribution is 0.0205. The van der Waals surface area contributed by atoms with E-state index in [2.05, 4.69) is 41.7 Å². The minimum absolute atomic E-state index is 0. The first-order valence-electron chi connectivity index (χ1n) is 8.66. The largest absolute Gasteiger partial charge is 0.379 e. The molecule has 3 N–H and O–H groups in total. The van der Waals surface area contributed by atoms with Crippen molar-refractivity contribution in [3.63, 3.8) is 0 Å². The molecule has 1 unspecified atom stereocenters. The van der Waals surface area contributed by atoms with Crippen LogP contribution in [0.15, 0.2) is 29.3 Å². The second-order valence-electron chi connectivity index (χ2n) is 6.96. The van der Waals surface area contributed by atoms with Gasteiger partial charge in [-0.2, -0.15) is 0 Å². The summed E-state index contributed by atoms with van der Waals surface area (Å²) in [5, 5.41) is 9.36. The third-order valence-corrected chi connectivity index (χ3v) is 3.92. The highest BCUT2D eigenvalue weighted by Gasteiger charge is 2.24. The molecule has 0 aliphatic carbocycles. The maximum absolute atomic E-state index is 11.9. The van der Waals surface area contributed by atoms with Gasteiger partial charge in [-0.1, -0.05) is 32.9 Å². The minimum atomic E-state index is -0.0556. The second-order valence-corrected chi connectivity index (χ2v) is 6.96. The summed E-state index contributed by atoms with van der Waals surface area (Å²) in [5.41, 5.74) is 1.73. The lowest BCUT2D eigenvalue weighted by atomic mass is 9.89. The standard InChI is InChI=1S/C19H32N4O2.HI/c1-7-21-17(24)15-10-8-9-14(11-15)12-22-18(20-5)23-13-16(25-6)19(2,3)4;/h8-11,16H,7,12-13H2,1-6H3,(H,21,24)(H2,20,22,23);1H. The Morgan fingerprint density at radius 2 is 1.92 bits per heavy atom. The maximum Gasteiger partial charge on any atom is 0.251 e. The first-order chi connectivity index (χ1) is 11.8. The molecule has 148 valence electrons. The van der Waals surface area contributed by atoms with Crippen molar-refractivity contribution in [3.05, 3.63) is 35.4 Å². The number of nitrogens with zero attached hydrogens (tertiary/aromatic N) is 1. The first-order valence-corrected chi connectivity index (χ1v) is 8.66. The molecule has 0 spiro atoms. The number of hydrogen-bond donors (Lipinski definition) is 3. The van der Waals surface area contributed by atoms with Crippen molar-refractivity contribution in [1.82, 2.24) is 16.0 Å².